The summed E-state index contributed by atoms with van der Waals surface area (Å²) in [5.41, 5.74) is 3.69. The summed E-state index contributed by atoms with van der Waals surface area (Å²) >= 11 is 0. The maximum absolute atomic E-state index is 12.3. The molecule has 3 aromatic rings. The zero-order valence-corrected chi connectivity index (χ0v) is 11.6. The second-order valence-electron chi connectivity index (χ2n) is 5.02. The first-order valence-corrected chi connectivity index (χ1v) is 6.55. The summed E-state index contributed by atoms with van der Waals surface area (Å²) in [6.07, 6.45) is 0. The molecule has 0 bridgehead atoms. The summed E-state index contributed by atoms with van der Waals surface area (Å²) < 4.78 is 0. The third-order valence-electron chi connectivity index (χ3n) is 3.38. The van der Waals surface area contributed by atoms with Crippen LogP contribution in [0.25, 0.3) is 22.2 Å². The van der Waals surface area contributed by atoms with E-state index in [9.17, 15) is 4.79 Å². The van der Waals surface area contributed by atoms with Crippen molar-refractivity contribution in [3.63, 3.8) is 0 Å². The van der Waals surface area contributed by atoms with Crippen molar-refractivity contribution >= 4 is 16.8 Å². The lowest BCUT2D eigenvalue weighted by Gasteiger charge is -2.13. The third-order valence-corrected chi connectivity index (χ3v) is 3.38. The molecule has 0 aliphatic heterocycles. The van der Waals surface area contributed by atoms with Crippen molar-refractivity contribution in [2.24, 2.45) is 0 Å². The molecular weight excluding hydrogens is 248 g/mol. The number of aromatic nitrogens is 1. The van der Waals surface area contributed by atoms with Crippen LogP contribution in [0.3, 0.4) is 0 Å². The minimum atomic E-state index is 0.0132. The number of rotatable bonds is 2. The minimum absolute atomic E-state index is 0.0132. The Morgan fingerprint density at radius 1 is 1.00 bits per heavy atom. The van der Waals surface area contributed by atoms with Crippen LogP contribution in [-0.4, -0.2) is 29.9 Å². The van der Waals surface area contributed by atoms with Crippen LogP contribution in [0.4, 0.5) is 0 Å². The van der Waals surface area contributed by atoms with Crippen LogP contribution in [0, 0.1) is 0 Å². The Morgan fingerprint density at radius 3 is 2.45 bits per heavy atom. The molecule has 1 amide bonds. The lowest BCUT2D eigenvalue weighted by atomic mass is 10.0. The number of amides is 1. The molecule has 0 fully saturated rings. The fraction of sp³-hybridized carbons (Fsp3) is 0.118. The van der Waals surface area contributed by atoms with E-state index < -0.39 is 0 Å². The maximum Gasteiger partial charge on any atom is 0.254 e. The number of fused-ring (bicyclic) bond motifs is 1. The zero-order valence-electron chi connectivity index (χ0n) is 11.6. The molecular formula is C17H16N2O. The number of nitrogens with zero attached hydrogens (tertiary/aromatic N) is 1. The van der Waals surface area contributed by atoms with Gasteiger partial charge >= 0.3 is 0 Å². The predicted molar refractivity (Wildman–Crippen MR) is 81.8 cm³/mol. The largest absolute Gasteiger partial charge is 0.355 e. The van der Waals surface area contributed by atoms with E-state index in [-0.39, 0.29) is 5.91 Å². The molecule has 2 aromatic carbocycles. The van der Waals surface area contributed by atoms with E-state index in [0.29, 0.717) is 5.56 Å². The number of carbonyl (C=O) groups excluding carboxylic acids is 1. The van der Waals surface area contributed by atoms with E-state index in [2.05, 4.69) is 17.1 Å². The number of hydrogen-bond donors (Lipinski definition) is 1. The van der Waals surface area contributed by atoms with Gasteiger partial charge in [-0.2, -0.15) is 0 Å². The molecule has 0 aliphatic carbocycles. The van der Waals surface area contributed by atoms with Gasteiger partial charge in [0.2, 0.25) is 0 Å². The Kier molecular flexibility index (Phi) is 3.03. The van der Waals surface area contributed by atoms with E-state index in [4.69, 9.17) is 0 Å². The number of carbonyl (C=O) groups is 1. The molecule has 0 aliphatic rings. The monoisotopic (exact) mass is 264 g/mol. The van der Waals surface area contributed by atoms with Crippen molar-refractivity contribution in [3.05, 3.63) is 60.2 Å². The average Bonchev–Trinajstić information content (AvgIpc) is 2.90. The molecule has 0 saturated carbocycles. The van der Waals surface area contributed by atoms with Gasteiger partial charge in [0.05, 0.1) is 0 Å². The number of aromatic amines is 1. The molecule has 3 heteroatoms. The van der Waals surface area contributed by atoms with Gasteiger partial charge in [0, 0.05) is 41.8 Å². The number of benzene rings is 2. The highest BCUT2D eigenvalue weighted by Gasteiger charge is 2.15. The van der Waals surface area contributed by atoms with Gasteiger partial charge in [0.1, 0.15) is 0 Å². The lowest BCUT2D eigenvalue weighted by molar-refractivity contribution is 0.0828. The number of para-hydroxylation sites is 1. The van der Waals surface area contributed by atoms with E-state index in [1.165, 1.54) is 0 Å². The van der Waals surface area contributed by atoms with Crippen LogP contribution in [0.1, 0.15) is 10.4 Å². The first kappa shape index (κ1) is 12.5. The highest BCUT2D eigenvalue weighted by molar-refractivity contribution is 6.01. The van der Waals surface area contributed by atoms with Gasteiger partial charge in [-0.05, 0) is 18.2 Å². The quantitative estimate of drug-likeness (QED) is 0.755. The molecule has 100 valence electrons. The highest BCUT2D eigenvalue weighted by atomic mass is 16.2. The Bertz CT molecular complexity index is 738. The molecule has 1 heterocycles. The van der Waals surface area contributed by atoms with Gasteiger partial charge in [0.15, 0.2) is 0 Å². The first-order chi connectivity index (χ1) is 9.66. The standard InChI is InChI=1S/C17H16N2O/c1-19(2)17(20)14-9-5-4-8-13(14)16-11-12-7-3-6-10-15(12)18-16/h3-11,18H,1-2H3. The van der Waals surface area contributed by atoms with E-state index in [1.807, 2.05) is 42.5 Å². The van der Waals surface area contributed by atoms with E-state index >= 15 is 0 Å². The number of hydrogen-bond acceptors (Lipinski definition) is 1. The molecule has 0 spiro atoms. The van der Waals surface area contributed by atoms with Crippen LogP contribution >= 0.6 is 0 Å². The summed E-state index contributed by atoms with van der Waals surface area (Å²) in [5, 5.41) is 1.15. The smallest absolute Gasteiger partial charge is 0.254 e. The van der Waals surface area contributed by atoms with E-state index in [1.54, 1.807) is 19.0 Å². The van der Waals surface area contributed by atoms with Gasteiger partial charge in [-0.1, -0.05) is 36.4 Å². The van der Waals surface area contributed by atoms with Crippen molar-refractivity contribution in [2.75, 3.05) is 14.1 Å². The third kappa shape index (κ3) is 2.07. The van der Waals surface area contributed by atoms with Crippen molar-refractivity contribution in [1.82, 2.24) is 9.88 Å². The molecule has 20 heavy (non-hydrogen) atoms. The van der Waals surface area contributed by atoms with E-state index in [0.717, 1.165) is 22.2 Å². The van der Waals surface area contributed by atoms with Crippen molar-refractivity contribution < 1.29 is 4.79 Å². The maximum atomic E-state index is 12.3. The summed E-state index contributed by atoms with van der Waals surface area (Å²) in [6, 6.07) is 17.9. The Hall–Kier alpha value is -2.55. The Morgan fingerprint density at radius 2 is 1.70 bits per heavy atom. The van der Waals surface area contributed by atoms with Crippen LogP contribution in [-0.2, 0) is 0 Å². The van der Waals surface area contributed by atoms with Crippen molar-refractivity contribution in [1.29, 1.82) is 0 Å². The molecule has 0 saturated heterocycles. The average molecular weight is 264 g/mol. The van der Waals surface area contributed by atoms with Gasteiger partial charge in [-0.3, -0.25) is 4.79 Å². The zero-order chi connectivity index (χ0) is 14.1. The van der Waals surface area contributed by atoms with Gasteiger partial charge in [0.25, 0.3) is 5.91 Å². The Labute approximate surface area is 117 Å². The van der Waals surface area contributed by atoms with Gasteiger partial charge < -0.3 is 9.88 Å². The summed E-state index contributed by atoms with van der Waals surface area (Å²) in [7, 11) is 3.54. The van der Waals surface area contributed by atoms with Crippen LogP contribution in [0.15, 0.2) is 54.6 Å². The van der Waals surface area contributed by atoms with Crippen LogP contribution in [0.5, 0.6) is 0 Å². The second kappa shape index (κ2) is 4.85. The molecule has 3 rings (SSSR count). The fourth-order valence-corrected chi connectivity index (χ4v) is 2.36. The van der Waals surface area contributed by atoms with Gasteiger partial charge in [-0.25, -0.2) is 0 Å². The molecule has 0 unspecified atom stereocenters. The SMILES string of the molecule is CN(C)C(=O)c1ccccc1-c1cc2ccccc2[nH]1. The fourth-order valence-electron chi connectivity index (χ4n) is 2.36. The lowest BCUT2D eigenvalue weighted by Crippen LogP contribution is -2.22. The summed E-state index contributed by atoms with van der Waals surface area (Å²) in [6.45, 7) is 0. The molecule has 1 N–H and O–H groups in total. The first-order valence-electron chi connectivity index (χ1n) is 6.55. The summed E-state index contributed by atoms with van der Waals surface area (Å²) in [5.74, 6) is 0.0132. The second-order valence-corrected chi connectivity index (χ2v) is 5.02. The molecule has 0 radical (unpaired) electrons. The highest BCUT2D eigenvalue weighted by Crippen LogP contribution is 2.27. The number of H-pyrrole nitrogens is 1. The normalized spacial score (nSPS) is 10.7. The molecule has 1 aromatic heterocycles. The summed E-state index contributed by atoms with van der Waals surface area (Å²) in [4.78, 5) is 17.2. The van der Waals surface area contributed by atoms with Crippen molar-refractivity contribution in [2.45, 2.75) is 0 Å². The van der Waals surface area contributed by atoms with Crippen LogP contribution in [0.2, 0.25) is 0 Å². The Balaban J connectivity index is 2.16. The van der Waals surface area contributed by atoms with Gasteiger partial charge in [-0.15, -0.1) is 0 Å². The number of nitrogens with one attached hydrogen (secondary N) is 1. The minimum Gasteiger partial charge on any atom is -0.355 e. The predicted octanol–water partition coefficient (Wildman–Crippen LogP) is 3.54. The van der Waals surface area contributed by atoms with Crippen LogP contribution < -0.4 is 0 Å². The van der Waals surface area contributed by atoms with Crippen molar-refractivity contribution in [3.8, 4) is 11.3 Å². The molecule has 0 atom stereocenters. The topological polar surface area (TPSA) is 36.1 Å². The molecule has 3 nitrogen and oxygen atoms in total.